The first-order valence-corrected chi connectivity index (χ1v) is 7.52. The van der Waals surface area contributed by atoms with Gasteiger partial charge in [0.15, 0.2) is 0 Å². The number of anilines is 1. The molecule has 1 atom stereocenters. The highest BCUT2D eigenvalue weighted by Crippen LogP contribution is 2.27. The second kappa shape index (κ2) is 7.47. The van der Waals surface area contributed by atoms with Gasteiger partial charge < -0.3 is 15.8 Å². The summed E-state index contributed by atoms with van der Waals surface area (Å²) in [6.45, 7) is 1.51. The Labute approximate surface area is 134 Å². The summed E-state index contributed by atoms with van der Waals surface area (Å²) in [5.41, 5.74) is 5.87. The van der Waals surface area contributed by atoms with Crippen LogP contribution >= 0.6 is 11.6 Å². The summed E-state index contributed by atoms with van der Waals surface area (Å²) in [4.78, 5) is 25.4. The van der Waals surface area contributed by atoms with Crippen LogP contribution in [-0.4, -0.2) is 43.5 Å². The molecule has 2 rings (SSSR count). The van der Waals surface area contributed by atoms with Crippen molar-refractivity contribution in [3.63, 3.8) is 0 Å². The van der Waals surface area contributed by atoms with Gasteiger partial charge in [0.05, 0.1) is 25.3 Å². The standard InChI is InChI=1S/C15H20ClN3O3/c1-22-13-5-4-11(16)7-12(13)18-14(20)9-19-6-2-3-10(8-19)15(17)21/h4-5,7,10H,2-3,6,8-9H2,1H3,(H2,17,21)(H,18,20)/t10-/m0/s1. The number of methoxy groups -OCH3 is 1. The summed E-state index contributed by atoms with van der Waals surface area (Å²) in [5.74, 6) is -0.110. The van der Waals surface area contributed by atoms with Crippen molar-refractivity contribution >= 4 is 29.1 Å². The molecule has 22 heavy (non-hydrogen) atoms. The van der Waals surface area contributed by atoms with E-state index in [2.05, 4.69) is 5.32 Å². The Morgan fingerprint density at radius 1 is 1.50 bits per heavy atom. The molecular formula is C15H20ClN3O3. The van der Waals surface area contributed by atoms with Crippen LogP contribution in [0.1, 0.15) is 12.8 Å². The summed E-state index contributed by atoms with van der Waals surface area (Å²) >= 11 is 5.93. The van der Waals surface area contributed by atoms with Crippen molar-refractivity contribution in [1.82, 2.24) is 4.90 Å². The lowest BCUT2D eigenvalue weighted by Crippen LogP contribution is -2.44. The van der Waals surface area contributed by atoms with Gasteiger partial charge in [-0.05, 0) is 37.6 Å². The fourth-order valence-electron chi connectivity index (χ4n) is 2.60. The average Bonchev–Trinajstić information content (AvgIpc) is 2.47. The molecule has 1 aromatic carbocycles. The lowest BCUT2D eigenvalue weighted by molar-refractivity contribution is -0.125. The Bertz CT molecular complexity index is 565. The third kappa shape index (κ3) is 4.35. The summed E-state index contributed by atoms with van der Waals surface area (Å²) in [6, 6.07) is 5.03. The molecule has 1 aliphatic heterocycles. The molecule has 0 radical (unpaired) electrons. The van der Waals surface area contributed by atoms with Gasteiger partial charge in [-0.2, -0.15) is 0 Å². The van der Waals surface area contributed by atoms with Crippen LogP contribution in [0.5, 0.6) is 5.75 Å². The van der Waals surface area contributed by atoms with E-state index < -0.39 is 0 Å². The lowest BCUT2D eigenvalue weighted by Gasteiger charge is -2.30. The fourth-order valence-corrected chi connectivity index (χ4v) is 2.77. The van der Waals surface area contributed by atoms with Gasteiger partial charge >= 0.3 is 0 Å². The smallest absolute Gasteiger partial charge is 0.238 e. The van der Waals surface area contributed by atoms with Gasteiger partial charge in [0.2, 0.25) is 11.8 Å². The zero-order chi connectivity index (χ0) is 16.1. The Morgan fingerprint density at radius 3 is 2.95 bits per heavy atom. The molecule has 1 fully saturated rings. The molecule has 1 saturated heterocycles. The zero-order valence-electron chi connectivity index (χ0n) is 12.5. The highest BCUT2D eigenvalue weighted by atomic mass is 35.5. The quantitative estimate of drug-likeness (QED) is 0.859. The molecule has 1 heterocycles. The highest BCUT2D eigenvalue weighted by Gasteiger charge is 2.25. The molecule has 6 nitrogen and oxygen atoms in total. The monoisotopic (exact) mass is 325 g/mol. The minimum Gasteiger partial charge on any atom is -0.495 e. The van der Waals surface area contributed by atoms with E-state index in [1.807, 2.05) is 4.90 Å². The Balaban J connectivity index is 1.95. The van der Waals surface area contributed by atoms with E-state index in [1.54, 1.807) is 18.2 Å². The number of halogens is 1. The Kier molecular flexibility index (Phi) is 5.63. The number of nitrogens with two attached hydrogens (primary N) is 1. The average molecular weight is 326 g/mol. The number of carbonyl (C=O) groups is 2. The third-order valence-corrected chi connectivity index (χ3v) is 3.95. The minimum absolute atomic E-state index is 0.175. The number of nitrogens with one attached hydrogen (secondary N) is 1. The van der Waals surface area contributed by atoms with E-state index in [0.717, 1.165) is 19.4 Å². The molecule has 7 heteroatoms. The number of likely N-dealkylation sites (tertiary alicyclic amines) is 1. The molecule has 1 aliphatic rings. The number of hydrogen-bond acceptors (Lipinski definition) is 4. The second-order valence-electron chi connectivity index (χ2n) is 5.37. The number of nitrogens with zero attached hydrogens (tertiary/aromatic N) is 1. The van der Waals surface area contributed by atoms with Crippen LogP contribution in [0.3, 0.4) is 0 Å². The predicted molar refractivity (Wildman–Crippen MR) is 85.0 cm³/mol. The first kappa shape index (κ1) is 16.6. The normalized spacial score (nSPS) is 18.7. The van der Waals surface area contributed by atoms with E-state index in [0.29, 0.717) is 23.0 Å². The number of ether oxygens (including phenoxy) is 1. The molecule has 1 aromatic rings. The molecule has 120 valence electrons. The lowest BCUT2D eigenvalue weighted by atomic mass is 9.97. The number of carbonyl (C=O) groups excluding carboxylic acids is 2. The van der Waals surface area contributed by atoms with Gasteiger partial charge in [-0.1, -0.05) is 11.6 Å². The topological polar surface area (TPSA) is 84.7 Å². The molecule has 0 saturated carbocycles. The van der Waals surface area contributed by atoms with Gasteiger partial charge in [0.25, 0.3) is 0 Å². The minimum atomic E-state index is -0.304. The molecule has 0 aromatic heterocycles. The molecular weight excluding hydrogens is 306 g/mol. The van der Waals surface area contributed by atoms with Crippen molar-refractivity contribution in [2.45, 2.75) is 12.8 Å². The Morgan fingerprint density at radius 2 is 2.27 bits per heavy atom. The fraction of sp³-hybridized carbons (Fsp3) is 0.467. The zero-order valence-corrected chi connectivity index (χ0v) is 13.2. The van der Waals surface area contributed by atoms with E-state index >= 15 is 0 Å². The van der Waals surface area contributed by atoms with Crippen LogP contribution < -0.4 is 15.8 Å². The first-order valence-electron chi connectivity index (χ1n) is 7.14. The van der Waals surface area contributed by atoms with Crippen LogP contribution in [0.15, 0.2) is 18.2 Å². The van der Waals surface area contributed by atoms with Crippen LogP contribution in [0.4, 0.5) is 5.69 Å². The molecule has 0 aliphatic carbocycles. The highest BCUT2D eigenvalue weighted by molar-refractivity contribution is 6.31. The van der Waals surface area contributed by atoms with Crippen molar-refractivity contribution in [3.05, 3.63) is 23.2 Å². The number of primary amides is 1. The maximum atomic E-state index is 12.2. The predicted octanol–water partition coefficient (Wildman–Crippen LogP) is 1.48. The van der Waals surface area contributed by atoms with Gasteiger partial charge in [-0.3, -0.25) is 14.5 Å². The number of hydrogen-bond donors (Lipinski definition) is 2. The first-order chi connectivity index (χ1) is 10.5. The van der Waals surface area contributed by atoms with Gasteiger partial charge in [-0.15, -0.1) is 0 Å². The summed E-state index contributed by atoms with van der Waals surface area (Å²) in [6.07, 6.45) is 1.65. The SMILES string of the molecule is COc1ccc(Cl)cc1NC(=O)CN1CCC[C@H](C(N)=O)C1. The van der Waals surface area contributed by atoms with Crippen LogP contribution in [-0.2, 0) is 9.59 Å². The summed E-state index contributed by atoms with van der Waals surface area (Å²) in [5, 5.41) is 3.30. The summed E-state index contributed by atoms with van der Waals surface area (Å²) in [7, 11) is 1.53. The maximum Gasteiger partial charge on any atom is 0.238 e. The van der Waals surface area contributed by atoms with E-state index in [9.17, 15) is 9.59 Å². The maximum absolute atomic E-state index is 12.2. The van der Waals surface area contributed by atoms with Crippen molar-refractivity contribution in [2.75, 3.05) is 32.1 Å². The van der Waals surface area contributed by atoms with Gasteiger partial charge in [-0.25, -0.2) is 0 Å². The summed E-state index contributed by atoms with van der Waals surface area (Å²) < 4.78 is 5.19. The van der Waals surface area contributed by atoms with Gasteiger partial charge in [0, 0.05) is 11.6 Å². The number of piperidine rings is 1. The van der Waals surface area contributed by atoms with Crippen LogP contribution in [0.25, 0.3) is 0 Å². The van der Waals surface area contributed by atoms with E-state index in [-0.39, 0.29) is 24.3 Å². The van der Waals surface area contributed by atoms with Crippen LogP contribution in [0.2, 0.25) is 5.02 Å². The molecule has 3 N–H and O–H groups in total. The number of rotatable bonds is 5. The van der Waals surface area contributed by atoms with Crippen molar-refractivity contribution in [2.24, 2.45) is 11.7 Å². The Hall–Kier alpha value is -1.79. The molecule has 0 unspecified atom stereocenters. The van der Waals surface area contributed by atoms with Gasteiger partial charge in [0.1, 0.15) is 5.75 Å². The van der Waals surface area contributed by atoms with Crippen molar-refractivity contribution in [3.8, 4) is 5.75 Å². The molecule has 0 bridgehead atoms. The molecule has 2 amide bonds. The largest absolute Gasteiger partial charge is 0.495 e. The number of amides is 2. The van der Waals surface area contributed by atoms with E-state index in [4.69, 9.17) is 22.1 Å². The van der Waals surface area contributed by atoms with Crippen molar-refractivity contribution in [1.29, 1.82) is 0 Å². The van der Waals surface area contributed by atoms with Crippen molar-refractivity contribution < 1.29 is 14.3 Å². The van der Waals surface area contributed by atoms with Crippen LogP contribution in [0, 0.1) is 5.92 Å². The van der Waals surface area contributed by atoms with E-state index in [1.165, 1.54) is 7.11 Å². The number of benzene rings is 1. The second-order valence-corrected chi connectivity index (χ2v) is 5.81. The third-order valence-electron chi connectivity index (χ3n) is 3.71. The molecule has 0 spiro atoms.